The van der Waals surface area contributed by atoms with Gasteiger partial charge in [-0.15, -0.1) is 0 Å². The van der Waals surface area contributed by atoms with E-state index >= 15 is 0 Å². The minimum Gasteiger partial charge on any atom is -0.368 e. The van der Waals surface area contributed by atoms with Crippen LogP contribution in [0.5, 0.6) is 0 Å². The van der Waals surface area contributed by atoms with E-state index in [-0.39, 0.29) is 6.03 Å². The van der Waals surface area contributed by atoms with Gasteiger partial charge in [-0.3, -0.25) is 4.79 Å². The van der Waals surface area contributed by atoms with E-state index in [2.05, 4.69) is 23.3 Å². The van der Waals surface area contributed by atoms with Crippen molar-refractivity contribution in [1.29, 1.82) is 0 Å². The molecule has 0 fully saturated rings. The summed E-state index contributed by atoms with van der Waals surface area (Å²) in [4.78, 5) is 22.6. The SMILES string of the molecule is CC(C)(NC(=O)NCCCCCCCCCS)C(N)=O. The highest BCUT2D eigenvalue weighted by Crippen LogP contribution is 2.07. The van der Waals surface area contributed by atoms with Gasteiger partial charge >= 0.3 is 6.03 Å². The minimum atomic E-state index is -1.02. The van der Waals surface area contributed by atoms with Crippen LogP contribution in [0.15, 0.2) is 0 Å². The summed E-state index contributed by atoms with van der Waals surface area (Å²) in [6.45, 7) is 3.79. The highest BCUT2D eigenvalue weighted by atomic mass is 32.1. The van der Waals surface area contributed by atoms with Gasteiger partial charge in [-0.2, -0.15) is 12.6 Å². The molecule has 0 saturated heterocycles. The Morgan fingerprint density at radius 3 is 2.00 bits per heavy atom. The van der Waals surface area contributed by atoms with Crippen LogP contribution in [0.1, 0.15) is 58.8 Å². The predicted molar refractivity (Wildman–Crippen MR) is 86.0 cm³/mol. The molecule has 118 valence electrons. The molecule has 6 heteroatoms. The van der Waals surface area contributed by atoms with Crippen molar-refractivity contribution in [1.82, 2.24) is 10.6 Å². The van der Waals surface area contributed by atoms with Crippen LogP contribution in [0.25, 0.3) is 0 Å². The van der Waals surface area contributed by atoms with Gasteiger partial charge in [0, 0.05) is 6.54 Å². The fourth-order valence-electron chi connectivity index (χ4n) is 1.71. The second kappa shape index (κ2) is 10.8. The maximum absolute atomic E-state index is 11.5. The van der Waals surface area contributed by atoms with E-state index < -0.39 is 11.4 Å². The van der Waals surface area contributed by atoms with E-state index in [4.69, 9.17) is 5.73 Å². The first-order valence-corrected chi connectivity index (χ1v) is 8.00. The minimum absolute atomic E-state index is 0.345. The predicted octanol–water partition coefficient (Wildman–Crippen LogP) is 2.21. The molecular weight excluding hydrogens is 274 g/mol. The Morgan fingerprint density at radius 2 is 1.50 bits per heavy atom. The topological polar surface area (TPSA) is 84.2 Å². The summed E-state index contributed by atoms with van der Waals surface area (Å²) in [5.41, 5.74) is 4.16. The number of thiol groups is 1. The third kappa shape index (κ3) is 9.95. The molecule has 20 heavy (non-hydrogen) atoms. The van der Waals surface area contributed by atoms with Gasteiger partial charge in [0.15, 0.2) is 0 Å². The molecular formula is C14H29N3O2S. The number of nitrogens with one attached hydrogen (secondary N) is 2. The number of carbonyl (C=O) groups excluding carboxylic acids is 2. The number of amides is 3. The van der Waals surface area contributed by atoms with Crippen molar-refractivity contribution in [3.8, 4) is 0 Å². The normalized spacial score (nSPS) is 11.2. The molecule has 0 heterocycles. The van der Waals surface area contributed by atoms with Gasteiger partial charge in [-0.05, 0) is 32.4 Å². The van der Waals surface area contributed by atoms with Gasteiger partial charge < -0.3 is 16.4 Å². The summed E-state index contributed by atoms with van der Waals surface area (Å²) in [7, 11) is 0. The fourth-order valence-corrected chi connectivity index (χ4v) is 1.94. The molecule has 0 saturated carbocycles. The van der Waals surface area contributed by atoms with Gasteiger partial charge in [0.1, 0.15) is 5.54 Å². The number of urea groups is 1. The Balaban J connectivity index is 3.47. The zero-order chi connectivity index (χ0) is 15.4. The highest BCUT2D eigenvalue weighted by molar-refractivity contribution is 7.80. The molecule has 3 amide bonds. The molecule has 0 aliphatic carbocycles. The van der Waals surface area contributed by atoms with Crippen LogP contribution in [0.2, 0.25) is 0 Å². The summed E-state index contributed by atoms with van der Waals surface area (Å²) in [6.07, 6.45) is 8.23. The van der Waals surface area contributed by atoms with Crippen molar-refractivity contribution in [3.63, 3.8) is 0 Å². The highest BCUT2D eigenvalue weighted by Gasteiger charge is 2.26. The van der Waals surface area contributed by atoms with E-state index in [1.165, 1.54) is 32.1 Å². The van der Waals surface area contributed by atoms with Crippen molar-refractivity contribution >= 4 is 24.6 Å². The van der Waals surface area contributed by atoms with E-state index in [1.807, 2.05) is 0 Å². The third-order valence-corrected chi connectivity index (χ3v) is 3.48. The fraction of sp³-hybridized carbons (Fsp3) is 0.857. The number of nitrogens with two attached hydrogens (primary N) is 1. The Kier molecular flexibility index (Phi) is 10.3. The van der Waals surface area contributed by atoms with Gasteiger partial charge in [0.2, 0.25) is 5.91 Å². The van der Waals surface area contributed by atoms with E-state index in [0.29, 0.717) is 6.54 Å². The number of carbonyl (C=O) groups is 2. The molecule has 5 nitrogen and oxygen atoms in total. The van der Waals surface area contributed by atoms with Crippen LogP contribution in [-0.4, -0.2) is 29.8 Å². The summed E-state index contributed by atoms with van der Waals surface area (Å²) >= 11 is 4.18. The molecule has 0 aromatic carbocycles. The Labute approximate surface area is 127 Å². The quantitative estimate of drug-likeness (QED) is 0.348. The monoisotopic (exact) mass is 303 g/mol. The van der Waals surface area contributed by atoms with E-state index in [1.54, 1.807) is 13.8 Å². The lowest BCUT2D eigenvalue weighted by Gasteiger charge is -2.22. The second-order valence-corrected chi connectivity index (χ2v) is 6.02. The maximum atomic E-state index is 11.5. The first-order valence-electron chi connectivity index (χ1n) is 7.37. The molecule has 0 radical (unpaired) electrons. The molecule has 0 aliphatic heterocycles. The summed E-state index contributed by atoms with van der Waals surface area (Å²) in [6, 6.07) is -0.345. The van der Waals surface area contributed by atoms with Gasteiger partial charge in [-0.25, -0.2) is 4.79 Å². The van der Waals surface area contributed by atoms with Gasteiger partial charge in [0.25, 0.3) is 0 Å². The van der Waals surface area contributed by atoms with Crippen LogP contribution >= 0.6 is 12.6 Å². The molecule has 0 rings (SSSR count). The van der Waals surface area contributed by atoms with Crippen LogP contribution in [0.4, 0.5) is 4.79 Å². The maximum Gasteiger partial charge on any atom is 0.315 e. The number of primary amides is 1. The Hall–Kier alpha value is -0.910. The molecule has 0 bridgehead atoms. The zero-order valence-corrected chi connectivity index (χ0v) is 13.6. The number of hydrogen-bond acceptors (Lipinski definition) is 3. The van der Waals surface area contributed by atoms with Crippen LogP contribution < -0.4 is 16.4 Å². The molecule has 0 aromatic heterocycles. The lowest BCUT2D eigenvalue weighted by molar-refractivity contribution is -0.122. The molecule has 0 spiro atoms. The molecule has 0 aromatic rings. The second-order valence-electron chi connectivity index (χ2n) is 5.57. The van der Waals surface area contributed by atoms with Gasteiger partial charge in [-0.1, -0.05) is 32.1 Å². The van der Waals surface area contributed by atoms with E-state index in [9.17, 15) is 9.59 Å². The first kappa shape index (κ1) is 19.1. The molecule has 4 N–H and O–H groups in total. The summed E-state index contributed by atoms with van der Waals surface area (Å²) in [5, 5.41) is 5.29. The largest absolute Gasteiger partial charge is 0.368 e. The smallest absolute Gasteiger partial charge is 0.315 e. The van der Waals surface area contributed by atoms with Crippen molar-refractivity contribution < 1.29 is 9.59 Å². The van der Waals surface area contributed by atoms with Crippen molar-refractivity contribution in [3.05, 3.63) is 0 Å². The Morgan fingerprint density at radius 1 is 1.00 bits per heavy atom. The number of rotatable bonds is 11. The lowest BCUT2D eigenvalue weighted by Crippen LogP contribution is -2.55. The van der Waals surface area contributed by atoms with Crippen molar-refractivity contribution in [2.75, 3.05) is 12.3 Å². The van der Waals surface area contributed by atoms with Gasteiger partial charge in [0.05, 0.1) is 0 Å². The molecule has 0 unspecified atom stereocenters. The van der Waals surface area contributed by atoms with Crippen molar-refractivity contribution in [2.45, 2.75) is 64.3 Å². The number of unbranched alkanes of at least 4 members (excludes halogenated alkanes) is 6. The first-order chi connectivity index (χ1) is 9.40. The molecule has 0 aliphatic rings. The third-order valence-electron chi connectivity index (χ3n) is 3.16. The Bertz CT molecular complexity index is 296. The summed E-state index contributed by atoms with van der Waals surface area (Å²) in [5.74, 6) is 0.426. The molecule has 0 atom stereocenters. The van der Waals surface area contributed by atoms with E-state index in [0.717, 1.165) is 18.6 Å². The van der Waals surface area contributed by atoms with Crippen LogP contribution in [0.3, 0.4) is 0 Å². The average Bonchev–Trinajstić information content (AvgIpc) is 2.36. The lowest BCUT2D eigenvalue weighted by atomic mass is 10.1. The standard InChI is InChI=1S/C14H29N3O2S/c1-14(2,12(15)18)17-13(19)16-10-8-6-4-3-5-7-9-11-20/h20H,3-11H2,1-2H3,(H2,15,18)(H2,16,17,19). The summed E-state index contributed by atoms with van der Waals surface area (Å²) < 4.78 is 0. The number of hydrogen-bond donors (Lipinski definition) is 4. The average molecular weight is 303 g/mol. The van der Waals surface area contributed by atoms with Crippen molar-refractivity contribution in [2.24, 2.45) is 5.73 Å². The van der Waals surface area contributed by atoms with Crippen LogP contribution in [0, 0.1) is 0 Å². The zero-order valence-electron chi connectivity index (χ0n) is 12.7. The van der Waals surface area contributed by atoms with Crippen LogP contribution in [-0.2, 0) is 4.79 Å².